The van der Waals surface area contributed by atoms with E-state index in [9.17, 15) is 19.8 Å². The molecule has 3 aromatic carbocycles. The van der Waals surface area contributed by atoms with Crippen LogP contribution >= 0.6 is 0 Å². The van der Waals surface area contributed by atoms with Crippen molar-refractivity contribution >= 4 is 11.8 Å². The molecule has 2 atom stereocenters. The molecule has 0 aliphatic carbocycles. The first-order valence-electron chi connectivity index (χ1n) is 17.7. The number of benzene rings is 3. The first-order chi connectivity index (χ1) is 24.0. The molecule has 0 bridgehead atoms. The second-order valence-corrected chi connectivity index (χ2v) is 13.5. The Morgan fingerprint density at radius 1 is 0.780 bits per heavy atom. The summed E-state index contributed by atoms with van der Waals surface area (Å²) in [5, 5.41) is 24.5. The average molecular weight is 681 g/mol. The van der Waals surface area contributed by atoms with Crippen molar-refractivity contribution in [3.05, 3.63) is 102 Å². The summed E-state index contributed by atoms with van der Waals surface area (Å²) in [5.74, 6) is 0.499. The highest BCUT2D eigenvalue weighted by Crippen LogP contribution is 2.27. The Balaban J connectivity index is 1.40. The fourth-order valence-corrected chi connectivity index (χ4v) is 5.42. The lowest BCUT2D eigenvalue weighted by Crippen LogP contribution is -2.52. The molecule has 0 saturated heterocycles. The van der Waals surface area contributed by atoms with Crippen LogP contribution < -0.4 is 15.4 Å². The third-order valence-corrected chi connectivity index (χ3v) is 9.26. The molecule has 0 spiro atoms. The number of aromatic nitrogens is 2. The van der Waals surface area contributed by atoms with Crippen LogP contribution in [0.2, 0.25) is 0 Å². The van der Waals surface area contributed by atoms with Gasteiger partial charge in [0.1, 0.15) is 11.8 Å². The molecule has 4 aromatic rings. The number of hydrogen-bond donors (Lipinski definition) is 4. The predicted octanol–water partition coefficient (Wildman–Crippen LogP) is 7.00. The Morgan fingerprint density at radius 2 is 1.40 bits per heavy atom. The van der Waals surface area contributed by atoms with Gasteiger partial charge < -0.3 is 25.6 Å². The minimum Gasteiger partial charge on any atom is -0.494 e. The third kappa shape index (κ3) is 11.0. The molecule has 0 unspecified atom stereocenters. The van der Waals surface area contributed by atoms with E-state index in [4.69, 9.17) is 4.74 Å². The van der Waals surface area contributed by atoms with Gasteiger partial charge in [-0.25, -0.2) is 9.97 Å². The van der Waals surface area contributed by atoms with Crippen molar-refractivity contribution in [3.63, 3.8) is 0 Å². The van der Waals surface area contributed by atoms with E-state index in [2.05, 4.69) is 48.3 Å². The Kier molecular flexibility index (Phi) is 14.1. The fraction of sp³-hybridized carbons (Fsp3) is 0.415. The van der Waals surface area contributed by atoms with Crippen molar-refractivity contribution in [2.45, 2.75) is 103 Å². The summed E-state index contributed by atoms with van der Waals surface area (Å²) in [5.41, 5.74) is 5.03. The van der Waals surface area contributed by atoms with Gasteiger partial charge in [-0.2, -0.15) is 0 Å². The van der Waals surface area contributed by atoms with E-state index in [1.54, 1.807) is 24.5 Å². The number of ether oxygens (including phenoxy) is 1. The highest BCUT2D eigenvalue weighted by molar-refractivity contribution is 5.97. The van der Waals surface area contributed by atoms with E-state index in [0.717, 1.165) is 53.0 Å². The predicted molar refractivity (Wildman–Crippen MR) is 198 cm³/mol. The average Bonchev–Trinajstić information content (AvgIpc) is 3.13. The molecule has 0 radical (unpaired) electrons. The van der Waals surface area contributed by atoms with Gasteiger partial charge in [-0.15, -0.1) is 0 Å². The van der Waals surface area contributed by atoms with Crippen molar-refractivity contribution in [1.82, 2.24) is 20.6 Å². The van der Waals surface area contributed by atoms with Crippen LogP contribution in [0.5, 0.6) is 5.75 Å². The number of hydrogen-bond acceptors (Lipinski definition) is 7. The Bertz CT molecular complexity index is 1640. The van der Waals surface area contributed by atoms with Gasteiger partial charge in [0.25, 0.3) is 5.91 Å². The van der Waals surface area contributed by atoms with Crippen molar-refractivity contribution in [2.24, 2.45) is 0 Å². The molecule has 4 N–H and O–H groups in total. The lowest BCUT2D eigenvalue weighted by molar-refractivity contribution is -0.128. The summed E-state index contributed by atoms with van der Waals surface area (Å²) < 4.78 is 5.89. The van der Waals surface area contributed by atoms with Crippen LogP contribution in [0.25, 0.3) is 22.5 Å². The monoisotopic (exact) mass is 680 g/mol. The van der Waals surface area contributed by atoms with Gasteiger partial charge in [-0.3, -0.25) is 9.59 Å². The molecule has 9 heteroatoms. The third-order valence-electron chi connectivity index (χ3n) is 9.26. The number of rotatable bonds is 18. The van der Waals surface area contributed by atoms with Crippen LogP contribution in [-0.4, -0.2) is 57.0 Å². The van der Waals surface area contributed by atoms with Gasteiger partial charge >= 0.3 is 0 Å². The summed E-state index contributed by atoms with van der Waals surface area (Å²) in [6, 6.07) is 21.0. The summed E-state index contributed by atoms with van der Waals surface area (Å²) in [4.78, 5) is 35.7. The SMILES string of the molecule is CCCCCCCOc1ccc(-c2cnc(-c3ccc(C[C@H](NC(=O)c4ccc(C(C)(C)CC)cc4)C(=O)N[C@H](C)C(O)O)cc3)nc2)cc1. The summed E-state index contributed by atoms with van der Waals surface area (Å²) in [7, 11) is 0. The normalized spacial score (nSPS) is 12.7. The number of nitrogens with zero attached hydrogens (tertiary/aromatic N) is 2. The van der Waals surface area contributed by atoms with Crippen LogP contribution in [0.1, 0.15) is 94.6 Å². The standard InChI is InChI=1S/C41H52N4O5/c1-6-8-9-10-11-24-50-35-22-18-30(19-23-35)33-26-42-37(43-27-33)31-14-12-29(13-15-31)25-36(39(47)44-28(3)40(48)49)45-38(46)32-16-20-34(21-17-32)41(4,5)7-2/h12-23,26-28,36,40,48-49H,6-11,24-25H2,1-5H3,(H,44,47)(H,45,46)/t28-,36+/m1/s1. The lowest BCUT2D eigenvalue weighted by Gasteiger charge is -2.24. The van der Waals surface area contributed by atoms with Gasteiger partial charge in [0.05, 0.1) is 12.6 Å². The number of nitrogens with one attached hydrogen (secondary N) is 2. The highest BCUT2D eigenvalue weighted by Gasteiger charge is 2.25. The zero-order valence-electron chi connectivity index (χ0n) is 30.0. The zero-order valence-corrected chi connectivity index (χ0v) is 30.0. The van der Waals surface area contributed by atoms with Gasteiger partial charge in [0, 0.05) is 35.5 Å². The second kappa shape index (κ2) is 18.4. The van der Waals surface area contributed by atoms with Crippen LogP contribution in [0.15, 0.2) is 85.2 Å². The smallest absolute Gasteiger partial charge is 0.251 e. The Hall–Kier alpha value is -4.60. The van der Waals surface area contributed by atoms with E-state index < -0.39 is 30.2 Å². The summed E-state index contributed by atoms with van der Waals surface area (Å²) >= 11 is 0. The van der Waals surface area contributed by atoms with Gasteiger partial charge in [-0.05, 0) is 66.1 Å². The molecule has 0 aliphatic rings. The summed E-state index contributed by atoms with van der Waals surface area (Å²) in [6.45, 7) is 10.8. The van der Waals surface area contributed by atoms with Gasteiger partial charge in [0.15, 0.2) is 12.1 Å². The zero-order chi connectivity index (χ0) is 36.1. The lowest BCUT2D eigenvalue weighted by atomic mass is 9.82. The molecule has 4 rings (SSSR count). The van der Waals surface area contributed by atoms with Gasteiger partial charge in [0.2, 0.25) is 5.91 Å². The molecule has 50 heavy (non-hydrogen) atoms. The van der Waals surface area contributed by atoms with Crippen LogP contribution in [0, 0.1) is 0 Å². The van der Waals surface area contributed by atoms with E-state index in [-0.39, 0.29) is 11.8 Å². The largest absolute Gasteiger partial charge is 0.494 e. The van der Waals surface area contributed by atoms with Crippen LogP contribution in [0.4, 0.5) is 0 Å². The molecule has 9 nitrogen and oxygen atoms in total. The number of aliphatic hydroxyl groups is 2. The Labute approximate surface area is 296 Å². The maximum absolute atomic E-state index is 13.3. The molecule has 1 heterocycles. The van der Waals surface area contributed by atoms with Crippen molar-refractivity contribution in [3.8, 4) is 28.3 Å². The maximum atomic E-state index is 13.3. The van der Waals surface area contributed by atoms with E-state index in [1.165, 1.54) is 32.6 Å². The summed E-state index contributed by atoms with van der Waals surface area (Å²) in [6.07, 6.45) is 9.01. The number of carbonyl (C=O) groups is 2. The second-order valence-electron chi connectivity index (χ2n) is 13.5. The Morgan fingerprint density at radius 3 is 2.00 bits per heavy atom. The van der Waals surface area contributed by atoms with Crippen molar-refractivity contribution < 1.29 is 24.5 Å². The fourth-order valence-electron chi connectivity index (χ4n) is 5.42. The van der Waals surface area contributed by atoms with E-state index in [0.29, 0.717) is 11.4 Å². The first-order valence-corrected chi connectivity index (χ1v) is 17.7. The minimum absolute atomic E-state index is 0.0212. The number of amides is 2. The van der Waals surface area contributed by atoms with Crippen molar-refractivity contribution in [1.29, 1.82) is 0 Å². The molecular weight excluding hydrogens is 628 g/mol. The molecule has 266 valence electrons. The molecule has 0 aliphatic heterocycles. The van der Waals surface area contributed by atoms with Crippen molar-refractivity contribution in [2.75, 3.05) is 6.61 Å². The molecule has 0 saturated carbocycles. The van der Waals surface area contributed by atoms with Gasteiger partial charge in [-0.1, -0.05) is 102 Å². The van der Waals surface area contributed by atoms with E-state index in [1.807, 2.05) is 60.7 Å². The maximum Gasteiger partial charge on any atom is 0.251 e. The topological polar surface area (TPSA) is 134 Å². The molecule has 1 aromatic heterocycles. The molecular formula is C41H52N4O5. The first kappa shape index (κ1) is 38.2. The number of aliphatic hydroxyl groups excluding tert-OH is 1. The van der Waals surface area contributed by atoms with Crippen LogP contribution in [0.3, 0.4) is 0 Å². The number of carbonyl (C=O) groups excluding carboxylic acids is 2. The molecule has 2 amide bonds. The van der Waals surface area contributed by atoms with E-state index >= 15 is 0 Å². The number of unbranched alkanes of at least 4 members (excludes halogenated alkanes) is 4. The highest BCUT2D eigenvalue weighted by atomic mass is 16.5. The van der Waals surface area contributed by atoms with Crippen LogP contribution in [-0.2, 0) is 16.6 Å². The quantitative estimate of drug-likeness (QED) is 0.0657. The minimum atomic E-state index is -1.74. The molecule has 0 fully saturated rings.